The SMILES string of the molecule is Oc1cc2c(cc1O)C(c1cccc(F)c1)NCC2. The number of hydrogen-bond donors (Lipinski definition) is 3. The van der Waals surface area contributed by atoms with E-state index in [1.165, 1.54) is 12.1 Å². The second-order valence-electron chi connectivity index (χ2n) is 4.73. The molecule has 3 rings (SSSR count). The van der Waals surface area contributed by atoms with Gasteiger partial charge in [0.05, 0.1) is 6.04 Å². The number of fused-ring (bicyclic) bond motifs is 1. The Morgan fingerprint density at radius 3 is 2.68 bits per heavy atom. The molecular formula is C15H14FNO2. The lowest BCUT2D eigenvalue weighted by molar-refractivity contribution is 0.400. The van der Waals surface area contributed by atoms with Gasteiger partial charge in [0.2, 0.25) is 0 Å². The summed E-state index contributed by atoms with van der Waals surface area (Å²) in [5.74, 6) is -0.545. The van der Waals surface area contributed by atoms with Crippen molar-refractivity contribution in [1.29, 1.82) is 0 Å². The van der Waals surface area contributed by atoms with Crippen LogP contribution >= 0.6 is 0 Å². The minimum Gasteiger partial charge on any atom is -0.504 e. The highest BCUT2D eigenvalue weighted by Gasteiger charge is 2.23. The number of aromatic hydroxyl groups is 2. The Morgan fingerprint density at radius 2 is 1.89 bits per heavy atom. The van der Waals surface area contributed by atoms with Gasteiger partial charge in [-0.3, -0.25) is 0 Å². The van der Waals surface area contributed by atoms with Crippen LogP contribution in [0.1, 0.15) is 22.7 Å². The minimum absolute atomic E-state index is 0.112. The predicted octanol–water partition coefficient (Wildman–Crippen LogP) is 2.47. The minimum atomic E-state index is -0.283. The summed E-state index contributed by atoms with van der Waals surface area (Å²) in [6.45, 7) is 0.748. The van der Waals surface area contributed by atoms with Crippen LogP contribution in [0.25, 0.3) is 0 Å². The monoisotopic (exact) mass is 259 g/mol. The number of phenols is 2. The molecule has 0 aliphatic carbocycles. The van der Waals surface area contributed by atoms with Gasteiger partial charge in [0.15, 0.2) is 11.5 Å². The molecule has 4 heteroatoms. The summed E-state index contributed by atoms with van der Waals surface area (Å²) in [5, 5.41) is 22.5. The summed E-state index contributed by atoms with van der Waals surface area (Å²) in [6, 6.07) is 9.37. The molecule has 2 aromatic carbocycles. The van der Waals surface area contributed by atoms with Crippen LogP contribution in [0.3, 0.4) is 0 Å². The molecule has 0 fully saturated rings. The van der Waals surface area contributed by atoms with E-state index in [9.17, 15) is 14.6 Å². The van der Waals surface area contributed by atoms with Gasteiger partial charge < -0.3 is 15.5 Å². The predicted molar refractivity (Wildman–Crippen MR) is 69.7 cm³/mol. The van der Waals surface area contributed by atoms with Crippen molar-refractivity contribution in [3.63, 3.8) is 0 Å². The Morgan fingerprint density at radius 1 is 1.11 bits per heavy atom. The fourth-order valence-corrected chi connectivity index (χ4v) is 2.57. The second-order valence-corrected chi connectivity index (χ2v) is 4.73. The maximum absolute atomic E-state index is 13.3. The Bertz CT molecular complexity index is 628. The number of phenolic OH excluding ortho intramolecular Hbond substituents is 2. The summed E-state index contributed by atoms with van der Waals surface area (Å²) in [7, 11) is 0. The van der Waals surface area contributed by atoms with Gasteiger partial charge in [-0.15, -0.1) is 0 Å². The van der Waals surface area contributed by atoms with E-state index in [2.05, 4.69) is 5.32 Å². The average Bonchev–Trinajstić information content (AvgIpc) is 2.39. The van der Waals surface area contributed by atoms with Crippen LogP contribution in [0.2, 0.25) is 0 Å². The first-order chi connectivity index (χ1) is 9.15. The Hall–Kier alpha value is -2.07. The van der Waals surface area contributed by atoms with E-state index in [4.69, 9.17) is 0 Å². The lowest BCUT2D eigenvalue weighted by Gasteiger charge is -2.27. The molecule has 0 saturated carbocycles. The molecule has 1 heterocycles. The van der Waals surface area contributed by atoms with Gasteiger partial charge in [0, 0.05) is 6.54 Å². The van der Waals surface area contributed by atoms with Crippen LogP contribution in [0.4, 0.5) is 4.39 Å². The van der Waals surface area contributed by atoms with Crippen LogP contribution < -0.4 is 5.32 Å². The zero-order chi connectivity index (χ0) is 13.4. The summed E-state index contributed by atoms with van der Waals surface area (Å²) < 4.78 is 13.3. The van der Waals surface area contributed by atoms with Crippen molar-refractivity contribution in [2.45, 2.75) is 12.5 Å². The van der Waals surface area contributed by atoms with Gasteiger partial charge in [-0.05, 0) is 47.4 Å². The number of rotatable bonds is 1. The molecule has 1 atom stereocenters. The molecule has 98 valence electrons. The number of hydrogen-bond acceptors (Lipinski definition) is 3. The first kappa shape index (κ1) is 12.0. The average molecular weight is 259 g/mol. The van der Waals surface area contributed by atoms with Crippen molar-refractivity contribution in [2.75, 3.05) is 6.54 Å². The lowest BCUT2D eigenvalue weighted by atomic mass is 9.89. The molecule has 3 N–H and O–H groups in total. The highest BCUT2D eigenvalue weighted by atomic mass is 19.1. The standard InChI is InChI=1S/C15H14FNO2/c16-11-3-1-2-10(6-11)15-12-8-14(19)13(18)7-9(12)4-5-17-15/h1-3,6-8,15,17-19H,4-5H2. The van der Waals surface area contributed by atoms with E-state index in [-0.39, 0.29) is 23.4 Å². The second kappa shape index (κ2) is 4.55. The zero-order valence-electron chi connectivity index (χ0n) is 10.2. The quantitative estimate of drug-likeness (QED) is 0.690. The van der Waals surface area contributed by atoms with Crippen LogP contribution in [-0.2, 0) is 6.42 Å². The highest BCUT2D eigenvalue weighted by Crippen LogP contribution is 2.36. The van der Waals surface area contributed by atoms with Crippen LogP contribution in [-0.4, -0.2) is 16.8 Å². The molecule has 3 nitrogen and oxygen atoms in total. The molecule has 0 bridgehead atoms. The third-order valence-corrected chi connectivity index (χ3v) is 3.47. The maximum Gasteiger partial charge on any atom is 0.157 e. The first-order valence-corrected chi connectivity index (χ1v) is 6.19. The number of benzene rings is 2. The Kier molecular flexibility index (Phi) is 2.87. The van der Waals surface area contributed by atoms with Gasteiger partial charge >= 0.3 is 0 Å². The van der Waals surface area contributed by atoms with E-state index >= 15 is 0 Å². The highest BCUT2D eigenvalue weighted by molar-refractivity contribution is 5.50. The van der Waals surface area contributed by atoms with Crippen LogP contribution in [0, 0.1) is 5.82 Å². The van der Waals surface area contributed by atoms with E-state index in [1.54, 1.807) is 18.2 Å². The molecule has 0 spiro atoms. The van der Waals surface area contributed by atoms with E-state index < -0.39 is 0 Å². The summed E-state index contributed by atoms with van der Waals surface area (Å²) >= 11 is 0. The van der Waals surface area contributed by atoms with Crippen molar-refractivity contribution >= 4 is 0 Å². The molecule has 19 heavy (non-hydrogen) atoms. The fraction of sp³-hybridized carbons (Fsp3) is 0.200. The van der Waals surface area contributed by atoms with Crippen molar-refractivity contribution in [1.82, 2.24) is 5.32 Å². The van der Waals surface area contributed by atoms with Crippen molar-refractivity contribution in [3.8, 4) is 11.5 Å². The summed E-state index contributed by atoms with van der Waals surface area (Å²) in [5.41, 5.74) is 2.67. The molecule has 1 unspecified atom stereocenters. The third-order valence-electron chi connectivity index (χ3n) is 3.47. The summed E-state index contributed by atoms with van der Waals surface area (Å²) in [6.07, 6.45) is 0.773. The van der Waals surface area contributed by atoms with E-state index in [0.29, 0.717) is 0 Å². The van der Waals surface area contributed by atoms with E-state index in [1.807, 2.05) is 6.07 Å². The van der Waals surface area contributed by atoms with E-state index in [0.717, 1.165) is 29.7 Å². The molecule has 1 aliphatic rings. The van der Waals surface area contributed by atoms with Crippen LogP contribution in [0.5, 0.6) is 11.5 Å². The first-order valence-electron chi connectivity index (χ1n) is 6.19. The van der Waals surface area contributed by atoms with Gasteiger partial charge in [0.25, 0.3) is 0 Å². The van der Waals surface area contributed by atoms with Crippen molar-refractivity contribution in [3.05, 3.63) is 58.9 Å². The lowest BCUT2D eigenvalue weighted by Crippen LogP contribution is -2.30. The Labute approximate surface area is 110 Å². The molecule has 0 saturated heterocycles. The van der Waals surface area contributed by atoms with Crippen molar-refractivity contribution < 1.29 is 14.6 Å². The number of halogens is 1. The molecular weight excluding hydrogens is 245 g/mol. The summed E-state index contributed by atoms with van der Waals surface area (Å²) in [4.78, 5) is 0. The van der Waals surface area contributed by atoms with Gasteiger partial charge in [0.1, 0.15) is 5.82 Å². The normalized spacial score (nSPS) is 18.1. The fourth-order valence-electron chi connectivity index (χ4n) is 2.57. The molecule has 2 aromatic rings. The van der Waals surface area contributed by atoms with Crippen LogP contribution in [0.15, 0.2) is 36.4 Å². The van der Waals surface area contributed by atoms with Gasteiger partial charge in [-0.2, -0.15) is 0 Å². The van der Waals surface area contributed by atoms with Gasteiger partial charge in [-0.25, -0.2) is 4.39 Å². The van der Waals surface area contributed by atoms with Gasteiger partial charge in [-0.1, -0.05) is 12.1 Å². The largest absolute Gasteiger partial charge is 0.504 e. The third kappa shape index (κ3) is 2.15. The number of nitrogens with one attached hydrogen (secondary N) is 1. The maximum atomic E-state index is 13.3. The smallest absolute Gasteiger partial charge is 0.157 e. The molecule has 0 radical (unpaired) electrons. The molecule has 1 aliphatic heterocycles. The topological polar surface area (TPSA) is 52.5 Å². The Balaban J connectivity index is 2.10. The zero-order valence-corrected chi connectivity index (χ0v) is 10.2. The molecule has 0 aromatic heterocycles. The molecule has 0 amide bonds. The van der Waals surface area contributed by atoms with Crippen molar-refractivity contribution in [2.24, 2.45) is 0 Å².